The van der Waals surface area contributed by atoms with Crippen LogP contribution >= 0.6 is 11.3 Å². The molecule has 3 aromatic rings. The average molecular weight is 337 g/mol. The number of hydrogen-bond acceptors (Lipinski definition) is 3. The van der Waals surface area contributed by atoms with E-state index in [9.17, 15) is 4.79 Å². The number of carbonyl (C=O) groups excluding carboxylic acids is 1. The fourth-order valence-electron chi connectivity index (χ4n) is 3.44. The number of aryl methyl sites for hydroxylation is 4. The van der Waals surface area contributed by atoms with Gasteiger partial charge in [0.25, 0.3) is 5.91 Å². The molecule has 1 amide bonds. The molecule has 2 aromatic heterocycles. The third kappa shape index (κ3) is 2.36. The molecular weight excluding hydrogens is 318 g/mol. The normalized spacial score (nSPS) is 12.6. The van der Waals surface area contributed by atoms with E-state index in [1.807, 2.05) is 37.7 Å². The van der Waals surface area contributed by atoms with Crippen LogP contribution in [-0.4, -0.2) is 15.7 Å². The number of fused-ring (bicyclic) bond motifs is 3. The third-order valence-corrected chi connectivity index (χ3v) is 5.57. The molecule has 4 nitrogen and oxygen atoms in total. The number of aromatic nitrogens is 2. The Hall–Kier alpha value is -2.40. The van der Waals surface area contributed by atoms with Gasteiger partial charge in [0.1, 0.15) is 0 Å². The Bertz CT molecular complexity index is 952. The average Bonchev–Trinajstić information content (AvgIpc) is 3.14. The Kier molecular flexibility index (Phi) is 3.53. The van der Waals surface area contributed by atoms with Gasteiger partial charge in [-0.15, -0.1) is 11.3 Å². The van der Waals surface area contributed by atoms with Gasteiger partial charge in [-0.2, -0.15) is 5.10 Å². The topological polar surface area (TPSA) is 46.9 Å². The Balaban J connectivity index is 1.71. The van der Waals surface area contributed by atoms with Crippen LogP contribution < -0.4 is 5.32 Å². The number of hydrogen-bond donors (Lipinski definition) is 1. The van der Waals surface area contributed by atoms with Crippen molar-refractivity contribution in [3.05, 3.63) is 56.9 Å². The summed E-state index contributed by atoms with van der Waals surface area (Å²) in [5.41, 5.74) is 7.01. The lowest BCUT2D eigenvalue weighted by atomic mass is 9.94. The van der Waals surface area contributed by atoms with Gasteiger partial charge in [-0.25, -0.2) is 0 Å². The highest BCUT2D eigenvalue weighted by Crippen LogP contribution is 2.37. The van der Waals surface area contributed by atoms with Crippen molar-refractivity contribution >= 4 is 22.9 Å². The zero-order valence-electron chi connectivity index (χ0n) is 14.0. The van der Waals surface area contributed by atoms with Gasteiger partial charge in [0.15, 0.2) is 5.69 Å². The number of amides is 1. The summed E-state index contributed by atoms with van der Waals surface area (Å²) in [6.45, 7) is 4.06. The van der Waals surface area contributed by atoms with Gasteiger partial charge >= 0.3 is 0 Å². The van der Waals surface area contributed by atoms with Crippen LogP contribution in [0.1, 0.15) is 32.1 Å². The second-order valence-electron chi connectivity index (χ2n) is 6.33. The summed E-state index contributed by atoms with van der Waals surface area (Å²) in [6, 6.07) is 8.16. The van der Waals surface area contributed by atoms with Crippen molar-refractivity contribution in [1.29, 1.82) is 0 Å². The molecule has 0 bridgehead atoms. The van der Waals surface area contributed by atoms with E-state index >= 15 is 0 Å². The Morgan fingerprint density at radius 3 is 2.88 bits per heavy atom. The zero-order chi connectivity index (χ0) is 16.8. The first-order chi connectivity index (χ1) is 11.5. The molecule has 24 heavy (non-hydrogen) atoms. The molecule has 122 valence electrons. The van der Waals surface area contributed by atoms with Gasteiger partial charge in [0, 0.05) is 28.7 Å². The molecule has 1 N–H and O–H groups in total. The molecule has 4 rings (SSSR count). The molecule has 0 atom stereocenters. The molecule has 2 heterocycles. The monoisotopic (exact) mass is 337 g/mol. The molecule has 0 saturated heterocycles. The molecule has 0 fully saturated rings. The smallest absolute Gasteiger partial charge is 0.276 e. The van der Waals surface area contributed by atoms with Gasteiger partial charge < -0.3 is 5.32 Å². The summed E-state index contributed by atoms with van der Waals surface area (Å²) in [5, 5.41) is 9.66. The highest BCUT2D eigenvalue weighted by Gasteiger charge is 2.27. The minimum Gasteiger partial charge on any atom is -0.320 e. The highest BCUT2D eigenvalue weighted by molar-refractivity contribution is 7.10. The molecule has 0 aliphatic heterocycles. The molecule has 1 aromatic carbocycles. The summed E-state index contributed by atoms with van der Waals surface area (Å²) in [7, 11) is 1.92. The summed E-state index contributed by atoms with van der Waals surface area (Å²) >= 11 is 1.78. The summed E-state index contributed by atoms with van der Waals surface area (Å²) < 4.78 is 1.84. The van der Waals surface area contributed by atoms with E-state index in [0.29, 0.717) is 5.69 Å². The SMILES string of the molecule is Cc1ccc(NC(=O)c2nn(C)c3c2CCc2sccc2-3)c(C)c1. The first-order valence-electron chi connectivity index (χ1n) is 8.06. The van der Waals surface area contributed by atoms with Crippen molar-refractivity contribution in [3.63, 3.8) is 0 Å². The van der Waals surface area contributed by atoms with E-state index in [4.69, 9.17) is 0 Å². The molecule has 1 aliphatic rings. The van der Waals surface area contributed by atoms with Crippen LogP contribution in [-0.2, 0) is 19.9 Å². The second-order valence-corrected chi connectivity index (χ2v) is 7.33. The summed E-state index contributed by atoms with van der Waals surface area (Å²) in [5.74, 6) is -0.127. The van der Waals surface area contributed by atoms with Crippen LogP contribution in [0.4, 0.5) is 5.69 Å². The number of carbonyl (C=O) groups is 1. The van der Waals surface area contributed by atoms with Gasteiger partial charge in [0.2, 0.25) is 0 Å². The molecule has 1 aliphatic carbocycles. The lowest BCUT2D eigenvalue weighted by molar-refractivity contribution is 0.102. The first kappa shape index (κ1) is 15.1. The maximum absolute atomic E-state index is 12.8. The largest absolute Gasteiger partial charge is 0.320 e. The lowest BCUT2D eigenvalue weighted by Crippen LogP contribution is -2.16. The Morgan fingerprint density at radius 2 is 2.08 bits per heavy atom. The fraction of sp³-hybridized carbons (Fsp3) is 0.263. The minimum absolute atomic E-state index is 0.127. The number of nitrogens with one attached hydrogen (secondary N) is 1. The number of anilines is 1. The number of nitrogens with zero attached hydrogens (tertiary/aromatic N) is 2. The van der Waals surface area contributed by atoms with Crippen LogP contribution in [0.5, 0.6) is 0 Å². The Labute approximate surface area is 145 Å². The van der Waals surface area contributed by atoms with Crippen LogP contribution in [0.3, 0.4) is 0 Å². The maximum Gasteiger partial charge on any atom is 0.276 e. The van der Waals surface area contributed by atoms with Crippen molar-refractivity contribution in [1.82, 2.24) is 9.78 Å². The van der Waals surface area contributed by atoms with Crippen molar-refractivity contribution in [2.24, 2.45) is 7.05 Å². The number of thiophene rings is 1. The predicted molar refractivity (Wildman–Crippen MR) is 97.8 cm³/mol. The summed E-state index contributed by atoms with van der Waals surface area (Å²) in [6.07, 6.45) is 1.85. The van der Waals surface area contributed by atoms with Crippen LogP contribution in [0, 0.1) is 13.8 Å². The van der Waals surface area contributed by atoms with Crippen LogP contribution in [0.2, 0.25) is 0 Å². The van der Waals surface area contributed by atoms with Gasteiger partial charge in [-0.05, 0) is 49.8 Å². The van der Waals surface area contributed by atoms with E-state index in [1.54, 1.807) is 11.3 Å². The quantitative estimate of drug-likeness (QED) is 0.765. The first-order valence-corrected chi connectivity index (χ1v) is 8.94. The molecule has 0 saturated carbocycles. The van der Waals surface area contributed by atoms with Crippen molar-refractivity contribution < 1.29 is 4.79 Å². The van der Waals surface area contributed by atoms with Gasteiger partial charge in [0.05, 0.1) is 5.69 Å². The lowest BCUT2D eigenvalue weighted by Gasteiger charge is -2.14. The van der Waals surface area contributed by atoms with E-state index in [0.717, 1.165) is 35.3 Å². The van der Waals surface area contributed by atoms with E-state index in [1.165, 1.54) is 16.0 Å². The van der Waals surface area contributed by atoms with Crippen molar-refractivity contribution in [3.8, 4) is 11.3 Å². The fourth-order valence-corrected chi connectivity index (χ4v) is 4.32. The molecule has 0 spiro atoms. The predicted octanol–water partition coefficient (Wildman–Crippen LogP) is 4.12. The van der Waals surface area contributed by atoms with Crippen LogP contribution in [0.25, 0.3) is 11.3 Å². The second kappa shape index (κ2) is 5.60. The highest BCUT2D eigenvalue weighted by atomic mass is 32.1. The minimum atomic E-state index is -0.127. The molecule has 0 unspecified atom stereocenters. The van der Waals surface area contributed by atoms with Crippen LogP contribution in [0.15, 0.2) is 29.6 Å². The number of benzene rings is 1. The van der Waals surface area contributed by atoms with E-state index in [-0.39, 0.29) is 5.91 Å². The van der Waals surface area contributed by atoms with E-state index in [2.05, 4.69) is 27.9 Å². The van der Waals surface area contributed by atoms with E-state index < -0.39 is 0 Å². The molecule has 0 radical (unpaired) electrons. The van der Waals surface area contributed by atoms with Gasteiger partial charge in [-0.1, -0.05) is 17.7 Å². The number of rotatable bonds is 2. The summed E-state index contributed by atoms with van der Waals surface area (Å²) in [4.78, 5) is 14.2. The zero-order valence-corrected chi connectivity index (χ0v) is 14.8. The van der Waals surface area contributed by atoms with Gasteiger partial charge in [-0.3, -0.25) is 9.48 Å². The molecular formula is C19H19N3OS. The van der Waals surface area contributed by atoms with Crippen molar-refractivity contribution in [2.75, 3.05) is 5.32 Å². The van der Waals surface area contributed by atoms with Crippen molar-refractivity contribution in [2.45, 2.75) is 26.7 Å². The maximum atomic E-state index is 12.8. The standard InChI is InChI=1S/C19H19N3OS/c1-11-4-6-15(12(2)10-11)20-19(23)17-14-5-7-16-13(8-9-24-16)18(14)22(3)21-17/h4,6,8-10H,5,7H2,1-3H3,(H,20,23). The Morgan fingerprint density at radius 1 is 1.25 bits per heavy atom. The molecule has 5 heteroatoms. The third-order valence-electron chi connectivity index (χ3n) is 4.59.